The van der Waals surface area contributed by atoms with Crippen LogP contribution < -0.4 is 10.9 Å². The number of hydrogen-bond donors (Lipinski definition) is 2. The number of anilines is 2. The second-order valence-corrected chi connectivity index (χ2v) is 5.25. The minimum atomic E-state index is -1.10. The van der Waals surface area contributed by atoms with Crippen molar-refractivity contribution in [1.29, 1.82) is 0 Å². The van der Waals surface area contributed by atoms with Gasteiger partial charge in [-0.25, -0.2) is 9.78 Å². The molecule has 0 bridgehead atoms. The van der Waals surface area contributed by atoms with E-state index < -0.39 is 5.97 Å². The summed E-state index contributed by atoms with van der Waals surface area (Å²) in [5, 5.41) is 11.9. The average Bonchev–Trinajstić information content (AvgIpc) is 3.25. The van der Waals surface area contributed by atoms with Crippen LogP contribution >= 0.6 is 11.6 Å². The molecular weight excluding hydrogens is 294 g/mol. The third-order valence-corrected chi connectivity index (χ3v) is 3.58. The number of halogens is 1. The molecule has 1 aliphatic carbocycles. The molecule has 1 aromatic carbocycles. The maximum Gasteiger partial charge on any atom is 0.337 e. The standard InChI is InChI=1S/C14H12ClN3O3/c15-11-7-8(1-4-10(11)14(20)21)17-12-13(19)18(6-5-16-12)9-2-3-9/h1,4-7,9H,2-3H2,(H,16,17)(H,20,21). The van der Waals surface area contributed by atoms with Crippen molar-refractivity contribution >= 4 is 29.1 Å². The molecule has 108 valence electrons. The molecule has 0 saturated heterocycles. The predicted octanol–water partition coefficient (Wildman–Crippen LogP) is 2.67. The number of carbonyl (C=O) groups is 1. The highest BCUT2D eigenvalue weighted by Crippen LogP contribution is 2.33. The summed E-state index contributed by atoms with van der Waals surface area (Å²) < 4.78 is 1.66. The molecule has 0 radical (unpaired) electrons. The van der Waals surface area contributed by atoms with Gasteiger partial charge in [0.2, 0.25) is 0 Å². The molecule has 6 nitrogen and oxygen atoms in total. The van der Waals surface area contributed by atoms with E-state index >= 15 is 0 Å². The van der Waals surface area contributed by atoms with E-state index in [0.29, 0.717) is 5.69 Å². The van der Waals surface area contributed by atoms with E-state index in [1.54, 1.807) is 23.0 Å². The van der Waals surface area contributed by atoms with Crippen molar-refractivity contribution in [3.8, 4) is 0 Å². The average molecular weight is 306 g/mol. The minimum Gasteiger partial charge on any atom is -0.478 e. The number of rotatable bonds is 4. The summed E-state index contributed by atoms with van der Waals surface area (Å²) in [5.74, 6) is -0.899. The maximum absolute atomic E-state index is 12.2. The molecule has 21 heavy (non-hydrogen) atoms. The quantitative estimate of drug-likeness (QED) is 0.907. The van der Waals surface area contributed by atoms with Crippen molar-refractivity contribution in [2.24, 2.45) is 0 Å². The number of nitrogens with one attached hydrogen (secondary N) is 1. The number of carboxylic acids is 1. The molecule has 2 aromatic rings. The summed E-state index contributed by atoms with van der Waals surface area (Å²) in [4.78, 5) is 27.2. The first-order valence-electron chi connectivity index (χ1n) is 6.43. The fraction of sp³-hybridized carbons (Fsp3) is 0.214. The van der Waals surface area contributed by atoms with Gasteiger partial charge in [-0.3, -0.25) is 4.79 Å². The van der Waals surface area contributed by atoms with E-state index in [2.05, 4.69) is 10.3 Å². The Kier molecular flexibility index (Phi) is 3.39. The second-order valence-electron chi connectivity index (χ2n) is 4.84. The number of nitrogens with zero attached hydrogens (tertiary/aromatic N) is 2. The molecule has 1 aliphatic rings. The summed E-state index contributed by atoms with van der Waals surface area (Å²) in [6, 6.07) is 4.65. The molecule has 0 unspecified atom stereocenters. The lowest BCUT2D eigenvalue weighted by atomic mass is 10.2. The van der Waals surface area contributed by atoms with Crippen LogP contribution in [0.2, 0.25) is 5.02 Å². The van der Waals surface area contributed by atoms with Crippen LogP contribution in [0.4, 0.5) is 11.5 Å². The summed E-state index contributed by atoms with van der Waals surface area (Å²) >= 11 is 5.90. The van der Waals surface area contributed by atoms with Crippen LogP contribution in [0.25, 0.3) is 0 Å². The van der Waals surface area contributed by atoms with Gasteiger partial charge in [0.1, 0.15) is 0 Å². The van der Waals surface area contributed by atoms with E-state index in [0.717, 1.165) is 12.8 Å². The van der Waals surface area contributed by atoms with Crippen molar-refractivity contribution in [2.75, 3.05) is 5.32 Å². The number of carboxylic acid groups (broad SMARTS) is 1. The molecule has 0 atom stereocenters. The van der Waals surface area contributed by atoms with Gasteiger partial charge in [0, 0.05) is 24.1 Å². The zero-order chi connectivity index (χ0) is 15.0. The Labute approximate surface area is 125 Å². The highest BCUT2D eigenvalue weighted by atomic mass is 35.5. The second kappa shape index (κ2) is 5.21. The molecule has 3 rings (SSSR count). The third kappa shape index (κ3) is 2.75. The molecular formula is C14H12ClN3O3. The van der Waals surface area contributed by atoms with Crippen molar-refractivity contribution in [3.63, 3.8) is 0 Å². The SMILES string of the molecule is O=C(O)c1ccc(Nc2nccn(C3CC3)c2=O)cc1Cl. The first-order valence-corrected chi connectivity index (χ1v) is 6.81. The van der Waals surface area contributed by atoms with Crippen molar-refractivity contribution in [2.45, 2.75) is 18.9 Å². The molecule has 0 aliphatic heterocycles. The maximum atomic E-state index is 12.2. The zero-order valence-corrected chi connectivity index (χ0v) is 11.7. The van der Waals surface area contributed by atoms with Gasteiger partial charge in [-0.15, -0.1) is 0 Å². The van der Waals surface area contributed by atoms with Gasteiger partial charge >= 0.3 is 5.97 Å². The lowest BCUT2D eigenvalue weighted by molar-refractivity contribution is 0.0697. The van der Waals surface area contributed by atoms with Crippen LogP contribution in [-0.2, 0) is 0 Å². The van der Waals surface area contributed by atoms with Gasteiger partial charge in [-0.05, 0) is 31.0 Å². The Morgan fingerprint density at radius 1 is 1.43 bits per heavy atom. The van der Waals surface area contributed by atoms with Crippen LogP contribution in [0, 0.1) is 0 Å². The van der Waals surface area contributed by atoms with E-state index in [9.17, 15) is 9.59 Å². The zero-order valence-electron chi connectivity index (χ0n) is 10.9. The lowest BCUT2D eigenvalue weighted by Crippen LogP contribution is -2.22. The lowest BCUT2D eigenvalue weighted by Gasteiger charge is -2.09. The topological polar surface area (TPSA) is 84.2 Å². The van der Waals surface area contributed by atoms with Gasteiger partial charge in [-0.1, -0.05) is 11.6 Å². The van der Waals surface area contributed by atoms with Gasteiger partial charge in [0.05, 0.1) is 10.6 Å². The van der Waals surface area contributed by atoms with E-state index in [1.807, 2.05) is 0 Å². The Morgan fingerprint density at radius 3 is 2.81 bits per heavy atom. The highest BCUT2D eigenvalue weighted by Gasteiger charge is 2.25. The van der Waals surface area contributed by atoms with Crippen molar-refractivity contribution < 1.29 is 9.90 Å². The molecule has 0 spiro atoms. The van der Waals surface area contributed by atoms with Crippen LogP contribution in [0.3, 0.4) is 0 Å². The van der Waals surface area contributed by atoms with Crippen molar-refractivity contribution in [1.82, 2.24) is 9.55 Å². The highest BCUT2D eigenvalue weighted by molar-refractivity contribution is 6.33. The summed E-state index contributed by atoms with van der Waals surface area (Å²) in [6.07, 6.45) is 5.24. The molecule has 0 amide bonds. The molecule has 1 aromatic heterocycles. The van der Waals surface area contributed by atoms with Gasteiger partial charge < -0.3 is 15.0 Å². The van der Waals surface area contributed by atoms with E-state index in [4.69, 9.17) is 16.7 Å². The smallest absolute Gasteiger partial charge is 0.337 e. The number of aromatic carboxylic acids is 1. The number of benzene rings is 1. The Balaban J connectivity index is 1.90. The molecule has 1 saturated carbocycles. The number of aromatic nitrogens is 2. The van der Waals surface area contributed by atoms with E-state index in [-0.39, 0.29) is 28.0 Å². The van der Waals surface area contributed by atoms with Crippen LogP contribution in [-0.4, -0.2) is 20.6 Å². The summed E-state index contributed by atoms with van der Waals surface area (Å²) in [7, 11) is 0. The summed E-state index contributed by atoms with van der Waals surface area (Å²) in [5.41, 5.74) is 0.334. The Bertz CT molecular complexity index is 768. The molecule has 1 fully saturated rings. The first kappa shape index (κ1) is 13.6. The molecule has 1 heterocycles. The Morgan fingerprint density at radius 2 is 2.19 bits per heavy atom. The van der Waals surface area contributed by atoms with Crippen LogP contribution in [0.15, 0.2) is 35.4 Å². The molecule has 2 N–H and O–H groups in total. The monoisotopic (exact) mass is 305 g/mol. The van der Waals surface area contributed by atoms with Gasteiger partial charge in [0.25, 0.3) is 5.56 Å². The third-order valence-electron chi connectivity index (χ3n) is 3.27. The van der Waals surface area contributed by atoms with Crippen LogP contribution in [0.5, 0.6) is 0 Å². The van der Waals surface area contributed by atoms with Crippen molar-refractivity contribution in [3.05, 3.63) is 51.5 Å². The van der Waals surface area contributed by atoms with Gasteiger partial charge in [-0.2, -0.15) is 0 Å². The normalized spacial score (nSPS) is 14.0. The molecule has 7 heteroatoms. The fourth-order valence-corrected chi connectivity index (χ4v) is 2.32. The minimum absolute atomic E-state index is 0.0126. The summed E-state index contributed by atoms with van der Waals surface area (Å²) in [6.45, 7) is 0. The predicted molar refractivity (Wildman–Crippen MR) is 78.5 cm³/mol. The van der Waals surface area contributed by atoms with Crippen LogP contribution in [0.1, 0.15) is 29.2 Å². The largest absolute Gasteiger partial charge is 0.478 e. The van der Waals surface area contributed by atoms with Gasteiger partial charge in [0.15, 0.2) is 5.82 Å². The van der Waals surface area contributed by atoms with E-state index in [1.165, 1.54) is 12.1 Å². The number of hydrogen-bond acceptors (Lipinski definition) is 4. The fourth-order valence-electron chi connectivity index (χ4n) is 2.05. The Hall–Kier alpha value is -2.34. The first-order chi connectivity index (χ1) is 10.1.